The number of benzene rings is 2. The lowest BCUT2D eigenvalue weighted by Gasteiger charge is -2.26. The summed E-state index contributed by atoms with van der Waals surface area (Å²) in [6.07, 6.45) is 2.60. The van der Waals surface area contributed by atoms with Gasteiger partial charge in [0.2, 0.25) is 16.8 Å². The van der Waals surface area contributed by atoms with Crippen LogP contribution in [0.5, 0.6) is 11.5 Å². The SMILES string of the molecule is Cc1cc2c(cc1S(=O)(=O)NC1CCCc3cc(N)ccc31)OCO2. The minimum atomic E-state index is -3.68. The van der Waals surface area contributed by atoms with Crippen LogP contribution in [0, 0.1) is 6.92 Å². The maximum atomic E-state index is 13.0. The molecule has 2 aliphatic rings. The third-order valence-electron chi connectivity index (χ3n) is 4.74. The average Bonchev–Trinajstić information content (AvgIpc) is 3.00. The van der Waals surface area contributed by atoms with Crippen molar-refractivity contribution in [3.63, 3.8) is 0 Å². The Labute approximate surface area is 147 Å². The Morgan fingerprint density at radius 1 is 1.16 bits per heavy atom. The van der Waals surface area contributed by atoms with E-state index < -0.39 is 10.0 Å². The van der Waals surface area contributed by atoms with Crippen LogP contribution in [-0.2, 0) is 16.4 Å². The maximum absolute atomic E-state index is 13.0. The van der Waals surface area contributed by atoms with Crippen molar-refractivity contribution < 1.29 is 17.9 Å². The van der Waals surface area contributed by atoms with Crippen molar-refractivity contribution in [1.82, 2.24) is 4.72 Å². The van der Waals surface area contributed by atoms with Crippen molar-refractivity contribution in [3.05, 3.63) is 47.0 Å². The Morgan fingerprint density at radius 3 is 2.72 bits per heavy atom. The standard InChI is InChI=1S/C18H20N2O4S/c1-11-7-16-17(24-10-23-16)9-18(11)25(21,22)20-15-4-2-3-12-8-13(19)5-6-14(12)15/h5-9,15,20H,2-4,10,19H2,1H3. The Balaban J connectivity index is 1.67. The molecule has 0 fully saturated rings. The molecule has 6 nitrogen and oxygen atoms in total. The number of fused-ring (bicyclic) bond motifs is 2. The molecule has 2 aromatic carbocycles. The normalized spacial score (nSPS) is 18.8. The largest absolute Gasteiger partial charge is 0.454 e. The lowest BCUT2D eigenvalue weighted by atomic mass is 9.88. The van der Waals surface area contributed by atoms with E-state index in [1.54, 1.807) is 13.0 Å². The van der Waals surface area contributed by atoms with Crippen molar-refractivity contribution in [2.45, 2.75) is 37.1 Å². The van der Waals surface area contributed by atoms with E-state index in [1.165, 1.54) is 6.07 Å². The van der Waals surface area contributed by atoms with Gasteiger partial charge in [0.15, 0.2) is 11.5 Å². The molecular weight excluding hydrogens is 340 g/mol. The number of ether oxygens (including phenoxy) is 2. The predicted molar refractivity (Wildman–Crippen MR) is 94.2 cm³/mol. The second-order valence-corrected chi connectivity index (χ2v) is 8.18. The van der Waals surface area contributed by atoms with Gasteiger partial charge in [-0.05, 0) is 61.1 Å². The van der Waals surface area contributed by atoms with Crippen LogP contribution in [0.4, 0.5) is 5.69 Å². The first-order chi connectivity index (χ1) is 11.9. The first kappa shape index (κ1) is 16.2. The molecule has 0 bridgehead atoms. The monoisotopic (exact) mass is 360 g/mol. The molecule has 1 aliphatic heterocycles. The molecule has 1 unspecified atom stereocenters. The molecule has 3 N–H and O–H groups in total. The van der Waals surface area contributed by atoms with Gasteiger partial charge in [0.25, 0.3) is 0 Å². The molecule has 25 heavy (non-hydrogen) atoms. The molecule has 1 atom stereocenters. The third-order valence-corrected chi connectivity index (χ3v) is 6.35. The number of rotatable bonds is 3. The van der Waals surface area contributed by atoms with E-state index in [0.717, 1.165) is 30.4 Å². The number of anilines is 1. The van der Waals surface area contributed by atoms with Gasteiger partial charge in [-0.1, -0.05) is 6.07 Å². The highest BCUT2D eigenvalue weighted by molar-refractivity contribution is 7.89. The zero-order valence-electron chi connectivity index (χ0n) is 13.9. The van der Waals surface area contributed by atoms with Gasteiger partial charge in [-0.15, -0.1) is 0 Å². The Bertz CT molecular complexity index is 940. The number of hydrogen-bond donors (Lipinski definition) is 2. The minimum Gasteiger partial charge on any atom is -0.454 e. The zero-order chi connectivity index (χ0) is 17.6. The third kappa shape index (κ3) is 2.94. The smallest absolute Gasteiger partial charge is 0.241 e. The molecule has 0 radical (unpaired) electrons. The summed E-state index contributed by atoms with van der Waals surface area (Å²) in [5, 5.41) is 0. The Hall–Kier alpha value is -2.25. The molecule has 4 rings (SSSR count). The number of aryl methyl sites for hydroxylation is 2. The fourth-order valence-electron chi connectivity index (χ4n) is 3.52. The van der Waals surface area contributed by atoms with Crippen LogP contribution in [0.25, 0.3) is 0 Å². The molecule has 0 saturated carbocycles. The molecule has 1 heterocycles. The zero-order valence-corrected chi connectivity index (χ0v) is 14.7. The van der Waals surface area contributed by atoms with Gasteiger partial charge in [0.05, 0.1) is 4.90 Å². The van der Waals surface area contributed by atoms with E-state index in [-0.39, 0.29) is 17.7 Å². The van der Waals surface area contributed by atoms with Crippen LogP contribution in [-0.4, -0.2) is 15.2 Å². The molecule has 2 aromatic rings. The van der Waals surface area contributed by atoms with Gasteiger partial charge < -0.3 is 15.2 Å². The number of hydrogen-bond acceptors (Lipinski definition) is 5. The van der Waals surface area contributed by atoms with Crippen molar-refractivity contribution >= 4 is 15.7 Å². The summed E-state index contributed by atoms with van der Waals surface area (Å²) in [6.45, 7) is 1.87. The first-order valence-electron chi connectivity index (χ1n) is 8.25. The van der Waals surface area contributed by atoms with E-state index >= 15 is 0 Å². The molecule has 0 saturated heterocycles. The molecule has 1 aliphatic carbocycles. The predicted octanol–water partition coefficient (Wildman–Crippen LogP) is 2.66. The highest BCUT2D eigenvalue weighted by Crippen LogP contribution is 2.37. The highest BCUT2D eigenvalue weighted by atomic mass is 32.2. The summed E-state index contributed by atoms with van der Waals surface area (Å²) in [7, 11) is -3.68. The van der Waals surface area contributed by atoms with E-state index in [1.807, 2.05) is 18.2 Å². The average molecular weight is 360 g/mol. The second-order valence-electron chi connectivity index (χ2n) is 6.50. The van der Waals surface area contributed by atoms with Gasteiger partial charge in [0.1, 0.15) is 0 Å². The van der Waals surface area contributed by atoms with Crippen molar-refractivity contribution in [2.75, 3.05) is 12.5 Å². The fourth-order valence-corrected chi connectivity index (χ4v) is 5.01. The van der Waals surface area contributed by atoms with Crippen molar-refractivity contribution in [1.29, 1.82) is 0 Å². The quantitative estimate of drug-likeness (QED) is 0.821. The van der Waals surface area contributed by atoms with Crippen LogP contribution in [0.3, 0.4) is 0 Å². The maximum Gasteiger partial charge on any atom is 0.241 e. The van der Waals surface area contributed by atoms with Gasteiger partial charge in [-0.2, -0.15) is 0 Å². The fraction of sp³-hybridized carbons (Fsp3) is 0.333. The summed E-state index contributed by atoms with van der Waals surface area (Å²) in [5.41, 5.74) is 9.30. The number of sulfonamides is 1. The van der Waals surface area contributed by atoms with E-state index in [4.69, 9.17) is 15.2 Å². The molecule has 0 aromatic heterocycles. The van der Waals surface area contributed by atoms with Gasteiger partial charge in [-0.25, -0.2) is 13.1 Å². The lowest BCUT2D eigenvalue weighted by molar-refractivity contribution is 0.174. The molecule has 132 valence electrons. The van der Waals surface area contributed by atoms with Crippen LogP contribution in [0.15, 0.2) is 35.2 Å². The molecule has 0 spiro atoms. The summed E-state index contributed by atoms with van der Waals surface area (Å²) in [5.74, 6) is 1.04. The van der Waals surface area contributed by atoms with Crippen molar-refractivity contribution in [2.24, 2.45) is 0 Å². The number of nitrogen functional groups attached to an aromatic ring is 1. The number of nitrogens with two attached hydrogens (primary N) is 1. The Kier molecular flexibility index (Phi) is 3.85. The summed E-state index contributed by atoms with van der Waals surface area (Å²) in [6, 6.07) is 8.65. The van der Waals surface area contributed by atoms with Gasteiger partial charge in [-0.3, -0.25) is 0 Å². The first-order valence-corrected chi connectivity index (χ1v) is 9.73. The topological polar surface area (TPSA) is 90.7 Å². The summed E-state index contributed by atoms with van der Waals surface area (Å²) >= 11 is 0. The summed E-state index contributed by atoms with van der Waals surface area (Å²) < 4.78 is 39.4. The molecular formula is C18H20N2O4S. The minimum absolute atomic E-state index is 0.114. The highest BCUT2D eigenvalue weighted by Gasteiger charge is 2.28. The summed E-state index contributed by atoms with van der Waals surface area (Å²) in [4.78, 5) is 0.222. The van der Waals surface area contributed by atoms with Crippen molar-refractivity contribution in [3.8, 4) is 11.5 Å². The van der Waals surface area contributed by atoms with Crippen LogP contribution >= 0.6 is 0 Å². The molecule has 7 heteroatoms. The second kappa shape index (κ2) is 5.93. The van der Waals surface area contributed by atoms with E-state index in [2.05, 4.69) is 4.72 Å². The van der Waals surface area contributed by atoms with Crippen LogP contribution in [0.2, 0.25) is 0 Å². The van der Waals surface area contributed by atoms with Crippen LogP contribution < -0.4 is 19.9 Å². The van der Waals surface area contributed by atoms with Gasteiger partial charge >= 0.3 is 0 Å². The van der Waals surface area contributed by atoms with Gasteiger partial charge in [0, 0.05) is 17.8 Å². The number of nitrogens with one attached hydrogen (secondary N) is 1. The van der Waals surface area contributed by atoms with E-state index in [9.17, 15) is 8.42 Å². The Morgan fingerprint density at radius 2 is 1.92 bits per heavy atom. The molecule has 0 amide bonds. The van der Waals surface area contributed by atoms with Crippen LogP contribution in [0.1, 0.15) is 35.6 Å². The van der Waals surface area contributed by atoms with E-state index in [0.29, 0.717) is 22.7 Å². The lowest BCUT2D eigenvalue weighted by Crippen LogP contribution is -2.31.